The molecule has 0 spiro atoms. The molecule has 2 N–H and O–H groups in total. The van der Waals surface area contributed by atoms with Crippen molar-refractivity contribution in [1.82, 2.24) is 10.5 Å². The first-order valence-electron chi connectivity index (χ1n) is 5.00. The predicted molar refractivity (Wildman–Crippen MR) is 56.5 cm³/mol. The number of aliphatic hydroxyl groups is 1. The summed E-state index contributed by atoms with van der Waals surface area (Å²) in [5.41, 5.74) is 0.774. The molecule has 1 saturated heterocycles. The number of aromatic nitrogens is 1. The zero-order valence-electron chi connectivity index (χ0n) is 8.88. The first-order valence-corrected chi connectivity index (χ1v) is 6.82. The Hall–Kier alpha value is -0.920. The van der Waals surface area contributed by atoms with Crippen molar-refractivity contribution in [3.8, 4) is 0 Å². The number of aliphatic hydroxyl groups excluding tert-OH is 1. The van der Waals surface area contributed by atoms with Gasteiger partial charge in [0, 0.05) is 12.1 Å². The zero-order chi connectivity index (χ0) is 11.8. The smallest absolute Gasteiger partial charge is 0.154 e. The summed E-state index contributed by atoms with van der Waals surface area (Å²) in [6, 6.07) is 1.35. The maximum Gasteiger partial charge on any atom is 0.154 e. The number of sulfone groups is 1. The highest BCUT2D eigenvalue weighted by Crippen LogP contribution is 2.13. The van der Waals surface area contributed by atoms with Gasteiger partial charge in [-0.25, -0.2) is 8.42 Å². The third-order valence-corrected chi connectivity index (χ3v) is 4.25. The maximum atomic E-state index is 11.2. The molecule has 0 aromatic carbocycles. The van der Waals surface area contributed by atoms with Gasteiger partial charge in [0.15, 0.2) is 15.6 Å². The zero-order valence-corrected chi connectivity index (χ0v) is 9.70. The number of rotatable bonds is 3. The van der Waals surface area contributed by atoms with E-state index in [0.717, 1.165) is 5.69 Å². The monoisotopic (exact) mass is 246 g/mol. The number of hydrogen-bond donors (Lipinski definition) is 2. The van der Waals surface area contributed by atoms with Crippen molar-refractivity contribution < 1.29 is 18.0 Å². The lowest BCUT2D eigenvalue weighted by atomic mass is 10.2. The van der Waals surface area contributed by atoms with Gasteiger partial charge in [0.05, 0.1) is 29.8 Å². The van der Waals surface area contributed by atoms with Gasteiger partial charge in [0.2, 0.25) is 0 Å². The standard InChI is InChI=1S/C9H14N2O4S/c1-6-2-7(15-11-6)3-10-8-4-16(13,14)5-9(8)12/h2,8-10,12H,3-5H2,1H3. The van der Waals surface area contributed by atoms with Crippen molar-refractivity contribution in [3.63, 3.8) is 0 Å². The Morgan fingerprint density at radius 1 is 1.62 bits per heavy atom. The molecule has 2 atom stereocenters. The van der Waals surface area contributed by atoms with E-state index in [9.17, 15) is 13.5 Å². The molecular weight excluding hydrogens is 232 g/mol. The molecule has 1 aliphatic heterocycles. The third kappa shape index (κ3) is 2.60. The molecule has 0 bridgehead atoms. The molecule has 1 aromatic heterocycles. The molecule has 2 unspecified atom stereocenters. The summed E-state index contributed by atoms with van der Waals surface area (Å²) in [6.07, 6.45) is -0.839. The average Bonchev–Trinajstić information content (AvgIpc) is 2.67. The van der Waals surface area contributed by atoms with Crippen molar-refractivity contribution in [1.29, 1.82) is 0 Å². The van der Waals surface area contributed by atoms with E-state index in [4.69, 9.17) is 4.52 Å². The molecule has 0 radical (unpaired) electrons. The minimum absolute atomic E-state index is 0.0265. The van der Waals surface area contributed by atoms with Crippen LogP contribution in [-0.2, 0) is 16.4 Å². The molecule has 1 aliphatic rings. The van der Waals surface area contributed by atoms with E-state index in [1.807, 2.05) is 6.92 Å². The lowest BCUT2D eigenvalue weighted by Gasteiger charge is -2.12. The van der Waals surface area contributed by atoms with Crippen molar-refractivity contribution in [2.24, 2.45) is 0 Å². The van der Waals surface area contributed by atoms with Crippen LogP contribution in [0.3, 0.4) is 0 Å². The van der Waals surface area contributed by atoms with Gasteiger partial charge >= 0.3 is 0 Å². The van der Waals surface area contributed by atoms with Gasteiger partial charge in [-0.3, -0.25) is 0 Å². The van der Waals surface area contributed by atoms with E-state index in [-0.39, 0.29) is 11.5 Å². The fourth-order valence-electron chi connectivity index (χ4n) is 1.76. The summed E-state index contributed by atoms with van der Waals surface area (Å²) < 4.78 is 27.4. The molecule has 1 fully saturated rings. The van der Waals surface area contributed by atoms with Crippen LogP contribution in [0.2, 0.25) is 0 Å². The minimum Gasteiger partial charge on any atom is -0.390 e. The van der Waals surface area contributed by atoms with Crippen LogP contribution >= 0.6 is 0 Å². The number of nitrogens with zero attached hydrogens (tertiary/aromatic N) is 1. The second kappa shape index (κ2) is 4.15. The van der Waals surface area contributed by atoms with Crippen LogP contribution < -0.4 is 5.32 Å². The summed E-state index contributed by atoms with van der Waals surface area (Å²) in [5, 5.41) is 16.2. The normalized spacial score (nSPS) is 28.4. The number of hydrogen-bond acceptors (Lipinski definition) is 6. The van der Waals surface area contributed by atoms with Gasteiger partial charge in [-0.2, -0.15) is 0 Å². The molecule has 6 nitrogen and oxygen atoms in total. The summed E-state index contributed by atoms with van der Waals surface area (Å²) >= 11 is 0. The van der Waals surface area contributed by atoms with Gasteiger partial charge in [-0.15, -0.1) is 0 Å². The average molecular weight is 246 g/mol. The van der Waals surface area contributed by atoms with E-state index in [0.29, 0.717) is 12.3 Å². The Labute approximate surface area is 93.6 Å². The molecule has 2 rings (SSSR count). The topological polar surface area (TPSA) is 92.4 Å². The van der Waals surface area contributed by atoms with Gasteiger partial charge in [0.1, 0.15) is 0 Å². The second-order valence-corrected chi connectivity index (χ2v) is 6.22. The molecule has 7 heteroatoms. The Morgan fingerprint density at radius 2 is 2.38 bits per heavy atom. The summed E-state index contributed by atoms with van der Waals surface area (Å²) in [4.78, 5) is 0. The Kier molecular flexibility index (Phi) is 3.00. The summed E-state index contributed by atoms with van der Waals surface area (Å²) in [5.74, 6) is 0.440. The predicted octanol–water partition coefficient (Wildman–Crippen LogP) is -0.769. The highest BCUT2D eigenvalue weighted by Gasteiger charge is 2.36. The van der Waals surface area contributed by atoms with E-state index in [2.05, 4.69) is 10.5 Å². The molecule has 16 heavy (non-hydrogen) atoms. The fraction of sp³-hybridized carbons (Fsp3) is 0.667. The fourth-order valence-corrected chi connectivity index (χ4v) is 3.53. The Bertz CT molecular complexity index is 468. The van der Waals surface area contributed by atoms with Crippen LogP contribution in [0.4, 0.5) is 0 Å². The summed E-state index contributed by atoms with van der Waals surface area (Å²) in [7, 11) is -3.10. The van der Waals surface area contributed by atoms with E-state index >= 15 is 0 Å². The third-order valence-electron chi connectivity index (χ3n) is 2.54. The lowest BCUT2D eigenvalue weighted by Crippen LogP contribution is -2.38. The molecule has 0 aliphatic carbocycles. The first kappa shape index (κ1) is 11.6. The Balaban J connectivity index is 1.92. The van der Waals surface area contributed by atoms with Crippen LogP contribution in [0, 0.1) is 6.92 Å². The van der Waals surface area contributed by atoms with Crippen molar-refractivity contribution in [2.45, 2.75) is 25.6 Å². The van der Waals surface area contributed by atoms with Gasteiger partial charge in [0.25, 0.3) is 0 Å². The highest BCUT2D eigenvalue weighted by atomic mass is 32.2. The van der Waals surface area contributed by atoms with E-state index in [1.165, 1.54) is 0 Å². The van der Waals surface area contributed by atoms with Crippen molar-refractivity contribution in [2.75, 3.05) is 11.5 Å². The largest absolute Gasteiger partial charge is 0.390 e. The van der Waals surface area contributed by atoms with Crippen LogP contribution in [0.5, 0.6) is 0 Å². The molecule has 2 heterocycles. The van der Waals surface area contributed by atoms with Crippen molar-refractivity contribution in [3.05, 3.63) is 17.5 Å². The SMILES string of the molecule is Cc1cc(CNC2CS(=O)(=O)CC2O)on1. The highest BCUT2D eigenvalue weighted by molar-refractivity contribution is 7.91. The van der Waals surface area contributed by atoms with Crippen LogP contribution in [0.15, 0.2) is 10.6 Å². The second-order valence-electron chi connectivity index (χ2n) is 4.07. The molecule has 0 saturated carbocycles. The molecule has 1 aromatic rings. The summed E-state index contributed by atoms with van der Waals surface area (Å²) in [6.45, 7) is 2.18. The maximum absolute atomic E-state index is 11.2. The van der Waals surface area contributed by atoms with Crippen LogP contribution in [-0.4, -0.2) is 42.3 Å². The van der Waals surface area contributed by atoms with Gasteiger partial charge in [-0.1, -0.05) is 5.16 Å². The number of aryl methyl sites for hydroxylation is 1. The van der Waals surface area contributed by atoms with Gasteiger partial charge in [-0.05, 0) is 6.92 Å². The van der Waals surface area contributed by atoms with Gasteiger partial charge < -0.3 is 14.9 Å². The van der Waals surface area contributed by atoms with Crippen LogP contribution in [0.1, 0.15) is 11.5 Å². The molecule has 90 valence electrons. The molecule has 0 amide bonds. The van der Waals surface area contributed by atoms with Crippen LogP contribution in [0.25, 0.3) is 0 Å². The quantitative estimate of drug-likeness (QED) is 0.727. The minimum atomic E-state index is -3.10. The van der Waals surface area contributed by atoms with E-state index < -0.39 is 22.0 Å². The molecular formula is C9H14N2O4S. The lowest BCUT2D eigenvalue weighted by molar-refractivity contribution is 0.163. The number of nitrogens with one attached hydrogen (secondary N) is 1. The van der Waals surface area contributed by atoms with Crippen molar-refractivity contribution >= 4 is 9.84 Å². The Morgan fingerprint density at radius 3 is 2.88 bits per heavy atom. The van der Waals surface area contributed by atoms with E-state index in [1.54, 1.807) is 6.07 Å². The first-order chi connectivity index (χ1) is 7.46.